The Balaban J connectivity index is 3.02. The normalized spacial score (nSPS) is 14.5. The van der Waals surface area contributed by atoms with Gasteiger partial charge in [0.1, 0.15) is 0 Å². The molecule has 0 nitrogen and oxygen atoms in total. The fourth-order valence-corrected chi connectivity index (χ4v) is 4.80. The molecule has 0 heterocycles. The van der Waals surface area contributed by atoms with Crippen LogP contribution in [0.1, 0.15) is 12.8 Å². The molecule has 0 aromatic heterocycles. The van der Waals surface area contributed by atoms with E-state index in [4.69, 9.17) is 0 Å². The van der Waals surface area contributed by atoms with Crippen molar-refractivity contribution in [2.45, 2.75) is 44.1 Å². The molecule has 0 aliphatic carbocycles. The number of hydrogen-bond acceptors (Lipinski definition) is 0. The van der Waals surface area contributed by atoms with Gasteiger partial charge < -0.3 is 0 Å². The van der Waals surface area contributed by atoms with Crippen LogP contribution >= 0.6 is 0 Å². The zero-order valence-electron chi connectivity index (χ0n) is 7.91. The van der Waals surface area contributed by atoms with Crippen LogP contribution in [0.5, 0.6) is 0 Å². The van der Waals surface area contributed by atoms with E-state index in [1.807, 2.05) is 0 Å². The van der Waals surface area contributed by atoms with Crippen molar-refractivity contribution in [3.05, 3.63) is 0 Å². The minimum Gasteiger partial charge on any atom is -0.251 e. The maximum atomic E-state index is 11.8. The summed E-state index contributed by atoms with van der Waals surface area (Å²) in [7, 11) is -0.169. The van der Waals surface area contributed by atoms with Crippen molar-refractivity contribution in [1.29, 1.82) is 0 Å². The van der Waals surface area contributed by atoms with Crippen molar-refractivity contribution in [1.82, 2.24) is 0 Å². The van der Waals surface area contributed by atoms with Crippen LogP contribution in [-0.4, -0.2) is 25.0 Å². The maximum Gasteiger partial charge on any atom is 0.0891 e. The summed E-state index contributed by atoms with van der Waals surface area (Å²) >= 11 is 0. The van der Waals surface area contributed by atoms with Gasteiger partial charge in [0, 0.05) is 18.3 Å². The molecule has 68 valence electrons. The highest BCUT2D eigenvalue weighted by atomic mass is 28.3. The predicted octanol–water partition coefficient (Wildman–Crippen LogP) is 2.23. The topological polar surface area (TPSA) is 0 Å². The van der Waals surface area contributed by atoms with Crippen molar-refractivity contribution in [3.63, 3.8) is 0 Å². The van der Waals surface area contributed by atoms with E-state index in [-0.39, 0.29) is 6.67 Å². The molecule has 0 aliphatic rings. The van der Waals surface area contributed by atoms with E-state index < -0.39 is 8.80 Å². The van der Waals surface area contributed by atoms with Gasteiger partial charge in [-0.3, -0.25) is 4.39 Å². The molecule has 0 spiro atoms. The predicted molar refractivity (Wildman–Crippen MR) is 57.1 cm³/mol. The van der Waals surface area contributed by atoms with Gasteiger partial charge in [-0.05, 0) is 6.42 Å². The summed E-state index contributed by atoms with van der Waals surface area (Å²) < 4.78 is 11.8. The quantitative estimate of drug-likeness (QED) is 0.429. The minimum atomic E-state index is -0.469. The van der Waals surface area contributed by atoms with Crippen LogP contribution in [0.3, 0.4) is 0 Å². The highest BCUT2D eigenvalue weighted by molar-refractivity contribution is 6.57. The molecule has 3 heteroatoms. The maximum absolute atomic E-state index is 11.8. The first-order valence-electron chi connectivity index (χ1n) is 4.87. The van der Waals surface area contributed by atoms with Crippen molar-refractivity contribution in [3.8, 4) is 0 Å². The molecule has 11 heavy (non-hydrogen) atoms. The number of hydrogen-bond donors (Lipinski definition) is 0. The summed E-state index contributed by atoms with van der Waals surface area (Å²) in [6, 6.07) is 4.19. The first kappa shape index (κ1) is 11.4. The molecule has 0 amide bonds. The van der Waals surface area contributed by atoms with Gasteiger partial charge in [-0.1, -0.05) is 37.6 Å². The lowest BCUT2D eigenvalue weighted by Crippen LogP contribution is -2.06. The first-order chi connectivity index (χ1) is 5.31. The van der Waals surface area contributed by atoms with E-state index >= 15 is 0 Å². The summed E-state index contributed by atoms with van der Waals surface area (Å²) in [5.74, 6) is 0. The Morgan fingerprint density at radius 3 is 2.45 bits per heavy atom. The summed E-state index contributed by atoms with van der Waals surface area (Å²) in [4.78, 5) is 0. The van der Waals surface area contributed by atoms with Crippen LogP contribution in [0.4, 0.5) is 4.39 Å². The van der Waals surface area contributed by atoms with E-state index in [0.717, 1.165) is 6.42 Å². The van der Waals surface area contributed by atoms with Gasteiger partial charge in [-0.15, -0.1) is 0 Å². The van der Waals surface area contributed by atoms with Crippen LogP contribution in [-0.2, 0) is 0 Å². The molecule has 0 rings (SSSR count). The fourth-order valence-electron chi connectivity index (χ4n) is 1.31. The van der Waals surface area contributed by atoms with E-state index in [0.29, 0.717) is 9.52 Å². The molecular weight excluding hydrogens is 171 g/mol. The van der Waals surface area contributed by atoms with Gasteiger partial charge in [0.15, 0.2) is 0 Å². The molecule has 0 radical (unpaired) electrons. The molecule has 0 aliphatic heterocycles. The summed E-state index contributed by atoms with van der Waals surface area (Å²) in [6.45, 7) is 4.65. The van der Waals surface area contributed by atoms with Gasteiger partial charge >= 0.3 is 0 Å². The first-order valence-corrected chi connectivity index (χ1v) is 10.1. The SMILES string of the molecule is C[SiH2]CCC[SiH](C)CCCF. The van der Waals surface area contributed by atoms with Gasteiger partial charge in [0.05, 0.1) is 6.67 Å². The zero-order valence-corrected chi connectivity index (χ0v) is 10.5. The van der Waals surface area contributed by atoms with Crippen molar-refractivity contribution in [2.24, 2.45) is 0 Å². The van der Waals surface area contributed by atoms with Crippen LogP contribution in [0.25, 0.3) is 0 Å². The average Bonchev–Trinajstić information content (AvgIpc) is 2.01. The van der Waals surface area contributed by atoms with E-state index in [1.54, 1.807) is 0 Å². The number of rotatable bonds is 7. The second-order valence-electron chi connectivity index (χ2n) is 3.43. The smallest absolute Gasteiger partial charge is 0.0891 e. The third-order valence-corrected chi connectivity index (χ3v) is 6.13. The Hall–Kier alpha value is 0.364. The molecule has 1 atom stereocenters. The van der Waals surface area contributed by atoms with Crippen molar-refractivity contribution in [2.75, 3.05) is 6.67 Å². The monoisotopic (exact) mass is 192 g/mol. The molecule has 0 saturated carbocycles. The van der Waals surface area contributed by atoms with Gasteiger partial charge in [0.2, 0.25) is 0 Å². The Morgan fingerprint density at radius 1 is 1.27 bits per heavy atom. The molecule has 0 aromatic rings. The van der Waals surface area contributed by atoms with Crippen molar-refractivity contribution < 1.29 is 4.39 Å². The molecule has 1 unspecified atom stereocenters. The van der Waals surface area contributed by atoms with Crippen LogP contribution in [0.2, 0.25) is 31.2 Å². The third-order valence-electron chi connectivity index (χ3n) is 2.13. The molecule has 0 bridgehead atoms. The molecule has 0 saturated heterocycles. The highest BCUT2D eigenvalue weighted by Crippen LogP contribution is 2.07. The molecule has 0 aromatic carbocycles. The van der Waals surface area contributed by atoms with Crippen LogP contribution < -0.4 is 0 Å². The summed E-state index contributed by atoms with van der Waals surface area (Å²) in [5.41, 5.74) is 0. The van der Waals surface area contributed by atoms with Gasteiger partial charge in [-0.2, -0.15) is 0 Å². The highest BCUT2D eigenvalue weighted by Gasteiger charge is 2.02. The summed E-state index contributed by atoms with van der Waals surface area (Å²) in [6.07, 6.45) is 2.28. The number of halogens is 1. The fraction of sp³-hybridized carbons (Fsp3) is 1.00. The Labute approximate surface area is 74.0 Å². The van der Waals surface area contributed by atoms with Crippen molar-refractivity contribution >= 4 is 18.3 Å². The lowest BCUT2D eigenvalue weighted by molar-refractivity contribution is 0.486. The Bertz CT molecular complexity index is 78.5. The van der Waals surface area contributed by atoms with Gasteiger partial charge in [-0.25, -0.2) is 0 Å². The average molecular weight is 192 g/mol. The van der Waals surface area contributed by atoms with Gasteiger partial charge in [0.25, 0.3) is 0 Å². The standard InChI is InChI=1S/C8H21FSi2/c1-10-6-4-8-11(2)7-3-5-9/h11H,3-8,10H2,1-2H3. The molecular formula is C8H21FSi2. The Morgan fingerprint density at radius 2 is 1.91 bits per heavy atom. The molecule has 0 fully saturated rings. The van der Waals surface area contributed by atoms with Crippen LogP contribution in [0.15, 0.2) is 0 Å². The Kier molecular flexibility index (Phi) is 8.74. The van der Waals surface area contributed by atoms with E-state index in [2.05, 4.69) is 13.1 Å². The second-order valence-corrected chi connectivity index (χ2v) is 8.50. The number of alkyl halides is 1. The second kappa shape index (κ2) is 8.46. The van der Waals surface area contributed by atoms with E-state index in [9.17, 15) is 4.39 Å². The lowest BCUT2D eigenvalue weighted by Gasteiger charge is -2.06. The minimum absolute atomic E-state index is 0.0974. The zero-order chi connectivity index (χ0) is 8.53. The third kappa shape index (κ3) is 8.27. The summed E-state index contributed by atoms with van der Waals surface area (Å²) in [5, 5.41) is 0. The molecule has 0 N–H and O–H groups in total. The largest absolute Gasteiger partial charge is 0.251 e. The van der Waals surface area contributed by atoms with E-state index in [1.165, 1.54) is 24.6 Å². The van der Waals surface area contributed by atoms with Crippen LogP contribution in [0, 0.1) is 0 Å². The lowest BCUT2D eigenvalue weighted by atomic mass is 10.5.